The first-order chi connectivity index (χ1) is 14.4. The third-order valence-electron chi connectivity index (χ3n) is 5.58. The topological polar surface area (TPSA) is 40.6 Å². The molecule has 0 unspecified atom stereocenters. The number of benzene rings is 3. The number of nitrogens with zero attached hydrogens (tertiary/aromatic N) is 2. The molecular weight excluding hydrogens is 399 g/mol. The van der Waals surface area contributed by atoms with Gasteiger partial charge in [-0.1, -0.05) is 66.2 Å². The number of rotatable bonds is 5. The first kappa shape index (κ1) is 20.7. The van der Waals surface area contributed by atoms with Gasteiger partial charge in [0.15, 0.2) is 0 Å². The lowest BCUT2D eigenvalue weighted by atomic mass is 9.96. The molecule has 1 fully saturated rings. The second-order valence-electron chi connectivity index (χ2n) is 7.62. The zero-order chi connectivity index (χ0) is 21.1. The van der Waals surface area contributed by atoms with E-state index in [4.69, 9.17) is 0 Å². The minimum atomic E-state index is -3.70. The summed E-state index contributed by atoms with van der Waals surface area (Å²) in [6.07, 6.45) is 0. The van der Waals surface area contributed by atoms with Crippen LogP contribution in [0, 0.1) is 12.7 Å². The third kappa shape index (κ3) is 4.31. The molecule has 0 N–H and O–H groups in total. The highest BCUT2D eigenvalue weighted by Gasteiger charge is 2.32. The van der Waals surface area contributed by atoms with E-state index in [1.54, 1.807) is 0 Å². The molecule has 4 nitrogen and oxygen atoms in total. The van der Waals surface area contributed by atoms with E-state index >= 15 is 0 Å². The van der Waals surface area contributed by atoms with Gasteiger partial charge in [-0.15, -0.1) is 0 Å². The Balaban J connectivity index is 1.56. The van der Waals surface area contributed by atoms with Crippen LogP contribution in [-0.2, 0) is 10.0 Å². The lowest BCUT2D eigenvalue weighted by Crippen LogP contribution is -2.49. The van der Waals surface area contributed by atoms with Gasteiger partial charge in [-0.25, -0.2) is 12.8 Å². The fraction of sp³-hybridized carbons (Fsp3) is 0.250. The van der Waals surface area contributed by atoms with Crippen LogP contribution in [0.2, 0.25) is 0 Å². The number of aryl methyl sites for hydroxylation is 1. The highest BCUT2D eigenvalue weighted by atomic mass is 32.2. The van der Waals surface area contributed by atoms with Crippen molar-refractivity contribution in [3.05, 3.63) is 101 Å². The SMILES string of the molecule is Cc1ccc([C@H](c2ccccc2)N2CCN(S(=O)(=O)c3cccc(F)c3)CC2)cc1. The van der Waals surface area contributed by atoms with Gasteiger partial charge in [0, 0.05) is 26.2 Å². The Hall–Kier alpha value is -2.54. The molecule has 0 aliphatic carbocycles. The van der Waals surface area contributed by atoms with Crippen molar-refractivity contribution in [2.75, 3.05) is 26.2 Å². The van der Waals surface area contributed by atoms with Gasteiger partial charge in [0.25, 0.3) is 0 Å². The average molecular weight is 425 g/mol. The quantitative estimate of drug-likeness (QED) is 0.615. The maximum atomic E-state index is 13.5. The number of hydrogen-bond donors (Lipinski definition) is 0. The Morgan fingerprint density at radius 3 is 2.07 bits per heavy atom. The van der Waals surface area contributed by atoms with Crippen LogP contribution in [0.15, 0.2) is 83.8 Å². The molecule has 0 amide bonds. The molecule has 1 heterocycles. The number of halogens is 1. The summed E-state index contributed by atoms with van der Waals surface area (Å²) in [5.41, 5.74) is 3.58. The smallest absolute Gasteiger partial charge is 0.243 e. The zero-order valence-corrected chi connectivity index (χ0v) is 17.7. The molecule has 0 aromatic heterocycles. The molecule has 6 heteroatoms. The molecule has 0 bridgehead atoms. The molecule has 3 aromatic carbocycles. The summed E-state index contributed by atoms with van der Waals surface area (Å²) in [5, 5.41) is 0. The second-order valence-corrected chi connectivity index (χ2v) is 9.56. The van der Waals surface area contributed by atoms with Crippen molar-refractivity contribution < 1.29 is 12.8 Å². The largest absolute Gasteiger partial charge is 0.290 e. The van der Waals surface area contributed by atoms with Crippen LogP contribution >= 0.6 is 0 Å². The molecule has 156 valence electrons. The number of hydrogen-bond acceptors (Lipinski definition) is 3. The van der Waals surface area contributed by atoms with E-state index in [-0.39, 0.29) is 10.9 Å². The first-order valence-corrected chi connectivity index (χ1v) is 11.5. The van der Waals surface area contributed by atoms with Crippen molar-refractivity contribution in [2.24, 2.45) is 0 Å². The van der Waals surface area contributed by atoms with Crippen LogP contribution in [0.5, 0.6) is 0 Å². The van der Waals surface area contributed by atoms with E-state index in [1.165, 1.54) is 39.2 Å². The minimum Gasteiger partial charge on any atom is -0.290 e. The fourth-order valence-corrected chi connectivity index (χ4v) is 5.43. The van der Waals surface area contributed by atoms with Gasteiger partial charge in [0.1, 0.15) is 5.82 Å². The molecule has 4 rings (SSSR count). The fourth-order valence-electron chi connectivity index (χ4n) is 3.98. The summed E-state index contributed by atoms with van der Waals surface area (Å²) in [6, 6.07) is 24.1. The van der Waals surface area contributed by atoms with Crippen LogP contribution in [-0.4, -0.2) is 43.8 Å². The predicted octanol–water partition coefficient (Wildman–Crippen LogP) is 4.23. The first-order valence-electron chi connectivity index (χ1n) is 10.1. The summed E-state index contributed by atoms with van der Waals surface area (Å²) in [7, 11) is -3.70. The lowest BCUT2D eigenvalue weighted by Gasteiger charge is -2.39. The summed E-state index contributed by atoms with van der Waals surface area (Å²) >= 11 is 0. The Kier molecular flexibility index (Phi) is 5.99. The maximum Gasteiger partial charge on any atom is 0.243 e. The normalized spacial score (nSPS) is 17.0. The third-order valence-corrected chi connectivity index (χ3v) is 7.48. The maximum absolute atomic E-state index is 13.5. The number of sulfonamides is 1. The lowest BCUT2D eigenvalue weighted by molar-refractivity contribution is 0.156. The van der Waals surface area contributed by atoms with Gasteiger partial charge in [-0.2, -0.15) is 4.31 Å². The van der Waals surface area contributed by atoms with E-state index in [0.717, 1.165) is 6.07 Å². The van der Waals surface area contributed by atoms with Crippen molar-refractivity contribution in [2.45, 2.75) is 17.9 Å². The van der Waals surface area contributed by atoms with Crippen LogP contribution in [0.1, 0.15) is 22.7 Å². The summed E-state index contributed by atoms with van der Waals surface area (Å²) < 4.78 is 40.9. The minimum absolute atomic E-state index is 0.00842. The van der Waals surface area contributed by atoms with Crippen molar-refractivity contribution in [3.8, 4) is 0 Å². The summed E-state index contributed by atoms with van der Waals surface area (Å²) in [5.74, 6) is -0.543. The Labute approximate surface area is 177 Å². The van der Waals surface area contributed by atoms with Crippen LogP contribution in [0.3, 0.4) is 0 Å². The van der Waals surface area contributed by atoms with Gasteiger partial charge in [0.2, 0.25) is 10.0 Å². The van der Waals surface area contributed by atoms with Crippen molar-refractivity contribution in [3.63, 3.8) is 0 Å². The molecule has 30 heavy (non-hydrogen) atoms. The Bertz CT molecular complexity index is 1090. The zero-order valence-electron chi connectivity index (χ0n) is 16.9. The predicted molar refractivity (Wildman–Crippen MR) is 116 cm³/mol. The van der Waals surface area contributed by atoms with E-state index in [9.17, 15) is 12.8 Å². The Morgan fingerprint density at radius 1 is 0.800 bits per heavy atom. The van der Waals surface area contributed by atoms with E-state index < -0.39 is 15.8 Å². The molecule has 0 saturated carbocycles. The van der Waals surface area contributed by atoms with Gasteiger partial charge in [-0.05, 0) is 36.2 Å². The monoisotopic (exact) mass is 424 g/mol. The van der Waals surface area contributed by atoms with Crippen LogP contribution in [0.4, 0.5) is 4.39 Å². The molecule has 0 radical (unpaired) electrons. The second kappa shape index (κ2) is 8.68. The average Bonchev–Trinajstić information content (AvgIpc) is 2.76. The molecular formula is C24H25FN2O2S. The molecule has 1 saturated heterocycles. The van der Waals surface area contributed by atoms with E-state index in [0.29, 0.717) is 26.2 Å². The van der Waals surface area contributed by atoms with E-state index in [1.807, 2.05) is 18.2 Å². The van der Waals surface area contributed by atoms with Crippen LogP contribution in [0.25, 0.3) is 0 Å². The standard InChI is InChI=1S/C24H25FN2O2S/c1-19-10-12-21(13-11-19)24(20-6-3-2-4-7-20)26-14-16-27(17-15-26)30(28,29)23-9-5-8-22(25)18-23/h2-13,18,24H,14-17H2,1H3/t24-/m0/s1. The van der Waals surface area contributed by atoms with Gasteiger partial charge in [-0.3, -0.25) is 4.90 Å². The molecule has 3 aromatic rings. The van der Waals surface area contributed by atoms with Crippen LogP contribution < -0.4 is 0 Å². The van der Waals surface area contributed by atoms with Gasteiger partial charge in [0.05, 0.1) is 10.9 Å². The van der Waals surface area contributed by atoms with Crippen molar-refractivity contribution in [1.29, 1.82) is 0 Å². The molecule has 1 atom stereocenters. The van der Waals surface area contributed by atoms with Gasteiger partial charge < -0.3 is 0 Å². The highest BCUT2D eigenvalue weighted by molar-refractivity contribution is 7.89. The van der Waals surface area contributed by atoms with Gasteiger partial charge >= 0.3 is 0 Å². The highest BCUT2D eigenvalue weighted by Crippen LogP contribution is 2.30. The number of piperazine rings is 1. The molecule has 0 spiro atoms. The Morgan fingerprint density at radius 2 is 1.43 bits per heavy atom. The van der Waals surface area contributed by atoms with Crippen molar-refractivity contribution >= 4 is 10.0 Å². The summed E-state index contributed by atoms with van der Waals surface area (Å²) in [6.45, 7) is 4.00. The van der Waals surface area contributed by atoms with E-state index in [2.05, 4.69) is 48.2 Å². The van der Waals surface area contributed by atoms with Crippen molar-refractivity contribution in [1.82, 2.24) is 9.21 Å². The molecule has 1 aliphatic rings. The summed E-state index contributed by atoms with van der Waals surface area (Å²) in [4.78, 5) is 2.33. The molecule has 1 aliphatic heterocycles.